The molecule has 104 valence electrons. The fraction of sp³-hybridized carbons (Fsp3) is 0.188. The Bertz CT molecular complexity index is 597. The smallest absolute Gasteiger partial charge is 0.170 e. The van der Waals surface area contributed by atoms with Crippen LogP contribution in [-0.4, -0.2) is 12.9 Å². The van der Waals surface area contributed by atoms with E-state index in [9.17, 15) is 4.79 Å². The third-order valence-corrected chi connectivity index (χ3v) is 3.61. The van der Waals surface area contributed by atoms with Crippen LogP contribution in [0.4, 0.5) is 0 Å². The number of hydrogen-bond donors (Lipinski definition) is 0. The average Bonchev–Trinajstić information content (AvgIpc) is 2.45. The number of hydrogen-bond acceptors (Lipinski definition) is 2. The predicted octanol–water partition coefficient (Wildman–Crippen LogP) is 4.49. The largest absolute Gasteiger partial charge is 0.369 e. The van der Waals surface area contributed by atoms with Crippen molar-refractivity contribution in [1.82, 2.24) is 0 Å². The molecule has 0 amide bonds. The standard InChI is InChI=1S/C16H14Cl2O2/c1-20-16(11-5-3-2-4-6-11)15(19)10-12-9-13(17)7-8-14(12)18/h2-9,16H,10H2,1H3. The summed E-state index contributed by atoms with van der Waals surface area (Å²) in [5, 5.41) is 1.09. The second-order valence-corrected chi connectivity index (χ2v) is 5.25. The van der Waals surface area contributed by atoms with Crippen molar-refractivity contribution < 1.29 is 9.53 Å². The lowest BCUT2D eigenvalue weighted by Gasteiger charge is -2.15. The summed E-state index contributed by atoms with van der Waals surface area (Å²) in [6.07, 6.45) is -0.404. The zero-order valence-corrected chi connectivity index (χ0v) is 12.5. The first-order chi connectivity index (χ1) is 9.61. The Balaban J connectivity index is 2.20. The summed E-state index contributed by atoms with van der Waals surface area (Å²) in [5.74, 6) is -0.0529. The summed E-state index contributed by atoms with van der Waals surface area (Å²) < 4.78 is 5.31. The molecular weight excluding hydrogens is 295 g/mol. The molecule has 0 fully saturated rings. The molecule has 4 heteroatoms. The minimum atomic E-state index is -0.591. The maximum Gasteiger partial charge on any atom is 0.170 e. The van der Waals surface area contributed by atoms with Crippen molar-refractivity contribution in [2.24, 2.45) is 0 Å². The molecule has 0 aliphatic heterocycles. The molecule has 0 heterocycles. The van der Waals surface area contributed by atoms with E-state index in [-0.39, 0.29) is 12.2 Å². The number of carbonyl (C=O) groups excluding carboxylic acids is 1. The minimum Gasteiger partial charge on any atom is -0.369 e. The van der Waals surface area contributed by atoms with Crippen molar-refractivity contribution in [3.8, 4) is 0 Å². The van der Waals surface area contributed by atoms with Gasteiger partial charge in [0, 0.05) is 23.6 Å². The molecule has 0 aliphatic carbocycles. The van der Waals surface area contributed by atoms with Gasteiger partial charge in [-0.15, -0.1) is 0 Å². The highest BCUT2D eigenvalue weighted by Crippen LogP contribution is 2.25. The van der Waals surface area contributed by atoms with Crippen LogP contribution < -0.4 is 0 Å². The summed E-state index contributed by atoms with van der Waals surface area (Å²) in [5.41, 5.74) is 1.54. The highest BCUT2D eigenvalue weighted by Gasteiger charge is 2.20. The summed E-state index contributed by atoms with van der Waals surface area (Å²) >= 11 is 12.0. The van der Waals surface area contributed by atoms with E-state index < -0.39 is 6.10 Å². The van der Waals surface area contributed by atoms with Crippen LogP contribution in [0.5, 0.6) is 0 Å². The van der Waals surface area contributed by atoms with E-state index in [1.54, 1.807) is 18.2 Å². The monoisotopic (exact) mass is 308 g/mol. The first-order valence-electron chi connectivity index (χ1n) is 6.16. The van der Waals surface area contributed by atoms with Crippen LogP contribution in [0.3, 0.4) is 0 Å². The van der Waals surface area contributed by atoms with Gasteiger partial charge in [-0.1, -0.05) is 53.5 Å². The molecule has 0 radical (unpaired) electrons. The zero-order chi connectivity index (χ0) is 14.5. The van der Waals surface area contributed by atoms with Gasteiger partial charge in [0.15, 0.2) is 5.78 Å². The second kappa shape index (κ2) is 6.89. The number of halogens is 2. The zero-order valence-electron chi connectivity index (χ0n) is 11.0. The Hall–Kier alpha value is -1.35. The SMILES string of the molecule is COC(C(=O)Cc1cc(Cl)ccc1Cl)c1ccccc1. The number of methoxy groups -OCH3 is 1. The van der Waals surface area contributed by atoms with Crippen LogP contribution in [0.1, 0.15) is 17.2 Å². The van der Waals surface area contributed by atoms with Gasteiger partial charge in [0.1, 0.15) is 6.10 Å². The van der Waals surface area contributed by atoms with Crippen molar-refractivity contribution in [3.63, 3.8) is 0 Å². The fourth-order valence-electron chi connectivity index (χ4n) is 2.04. The first kappa shape index (κ1) is 15.0. The van der Waals surface area contributed by atoms with Crippen LogP contribution in [0.2, 0.25) is 10.0 Å². The Morgan fingerprint density at radius 3 is 2.50 bits per heavy atom. The van der Waals surface area contributed by atoms with Crippen molar-refractivity contribution >= 4 is 29.0 Å². The minimum absolute atomic E-state index is 0.0529. The number of carbonyl (C=O) groups is 1. The van der Waals surface area contributed by atoms with Gasteiger partial charge >= 0.3 is 0 Å². The van der Waals surface area contributed by atoms with Gasteiger partial charge in [0.25, 0.3) is 0 Å². The molecule has 1 unspecified atom stereocenters. The third kappa shape index (κ3) is 3.60. The summed E-state index contributed by atoms with van der Waals surface area (Å²) in [4.78, 5) is 12.4. The molecule has 20 heavy (non-hydrogen) atoms. The molecule has 2 nitrogen and oxygen atoms in total. The molecule has 2 aromatic carbocycles. The maximum absolute atomic E-state index is 12.4. The maximum atomic E-state index is 12.4. The first-order valence-corrected chi connectivity index (χ1v) is 6.92. The van der Waals surface area contributed by atoms with E-state index in [2.05, 4.69) is 0 Å². The third-order valence-electron chi connectivity index (χ3n) is 3.00. The second-order valence-electron chi connectivity index (χ2n) is 4.41. The molecule has 1 atom stereocenters. The van der Waals surface area contributed by atoms with E-state index in [0.29, 0.717) is 15.6 Å². The predicted molar refractivity (Wildman–Crippen MR) is 81.4 cm³/mol. The molecular formula is C16H14Cl2O2. The number of benzene rings is 2. The molecule has 2 aromatic rings. The molecule has 0 spiro atoms. The quantitative estimate of drug-likeness (QED) is 0.813. The molecule has 0 saturated carbocycles. The van der Waals surface area contributed by atoms with Crippen LogP contribution in [0.25, 0.3) is 0 Å². The van der Waals surface area contributed by atoms with E-state index in [4.69, 9.17) is 27.9 Å². The van der Waals surface area contributed by atoms with Gasteiger partial charge in [-0.2, -0.15) is 0 Å². The summed E-state index contributed by atoms with van der Waals surface area (Å²) in [6.45, 7) is 0. The molecule has 0 saturated heterocycles. The lowest BCUT2D eigenvalue weighted by Crippen LogP contribution is -2.17. The van der Waals surface area contributed by atoms with Gasteiger partial charge in [0.2, 0.25) is 0 Å². The molecule has 2 rings (SSSR count). The van der Waals surface area contributed by atoms with Gasteiger partial charge < -0.3 is 4.74 Å². The van der Waals surface area contributed by atoms with E-state index in [0.717, 1.165) is 5.56 Å². The van der Waals surface area contributed by atoms with Crippen molar-refractivity contribution in [3.05, 3.63) is 69.7 Å². The van der Waals surface area contributed by atoms with Gasteiger partial charge in [0.05, 0.1) is 0 Å². The van der Waals surface area contributed by atoms with Crippen LogP contribution in [0, 0.1) is 0 Å². The summed E-state index contributed by atoms with van der Waals surface area (Å²) in [6, 6.07) is 14.5. The highest BCUT2D eigenvalue weighted by atomic mass is 35.5. The van der Waals surface area contributed by atoms with Gasteiger partial charge in [-0.25, -0.2) is 0 Å². The lowest BCUT2D eigenvalue weighted by molar-refractivity contribution is -0.128. The van der Waals surface area contributed by atoms with E-state index in [1.165, 1.54) is 7.11 Å². The van der Waals surface area contributed by atoms with Crippen molar-refractivity contribution in [2.75, 3.05) is 7.11 Å². The molecule has 0 aromatic heterocycles. The highest BCUT2D eigenvalue weighted by molar-refractivity contribution is 6.33. The van der Waals surface area contributed by atoms with Crippen LogP contribution in [0.15, 0.2) is 48.5 Å². The Kier molecular flexibility index (Phi) is 5.18. The lowest BCUT2D eigenvalue weighted by atomic mass is 10.00. The Labute approximate surface area is 128 Å². The Morgan fingerprint density at radius 1 is 1.15 bits per heavy atom. The molecule has 0 bridgehead atoms. The number of rotatable bonds is 5. The van der Waals surface area contributed by atoms with Gasteiger partial charge in [-0.3, -0.25) is 4.79 Å². The van der Waals surface area contributed by atoms with E-state index >= 15 is 0 Å². The number of Topliss-reactive ketones (excluding diaryl/α,β-unsaturated/α-hetero) is 1. The Morgan fingerprint density at radius 2 is 1.85 bits per heavy atom. The summed E-state index contributed by atoms with van der Waals surface area (Å²) in [7, 11) is 1.52. The van der Waals surface area contributed by atoms with Crippen molar-refractivity contribution in [1.29, 1.82) is 0 Å². The number of ether oxygens (including phenoxy) is 1. The van der Waals surface area contributed by atoms with Crippen LogP contribution >= 0.6 is 23.2 Å². The number of ketones is 1. The fourth-order valence-corrected chi connectivity index (χ4v) is 2.42. The van der Waals surface area contributed by atoms with E-state index in [1.807, 2.05) is 30.3 Å². The normalized spacial score (nSPS) is 12.2. The molecule has 0 aliphatic rings. The topological polar surface area (TPSA) is 26.3 Å². The van der Waals surface area contributed by atoms with Crippen molar-refractivity contribution in [2.45, 2.75) is 12.5 Å². The van der Waals surface area contributed by atoms with Crippen LogP contribution in [-0.2, 0) is 16.0 Å². The average molecular weight is 309 g/mol. The van der Waals surface area contributed by atoms with Gasteiger partial charge in [-0.05, 0) is 29.3 Å². The molecule has 0 N–H and O–H groups in total.